The van der Waals surface area contributed by atoms with Gasteiger partial charge in [-0.05, 0) is 44.6 Å². The van der Waals surface area contributed by atoms with E-state index >= 15 is 0 Å². The zero-order valence-electron chi connectivity index (χ0n) is 11.9. The molecule has 0 aliphatic heterocycles. The van der Waals surface area contributed by atoms with Gasteiger partial charge >= 0.3 is 0 Å². The fraction of sp³-hybridized carbons (Fsp3) is 0.562. The van der Waals surface area contributed by atoms with Crippen LogP contribution in [0.15, 0.2) is 24.3 Å². The number of carbonyl (C=O) groups is 1. The first-order valence-electron chi connectivity index (χ1n) is 6.96. The summed E-state index contributed by atoms with van der Waals surface area (Å²) in [5, 5.41) is 0.751. The molecule has 1 unspecified atom stereocenters. The molecular formula is C16H22ClNO. The number of carbonyl (C=O) groups excluding carboxylic acids is 1. The Bertz CT molecular complexity index is 448. The van der Waals surface area contributed by atoms with Crippen molar-refractivity contribution in [3.63, 3.8) is 0 Å². The van der Waals surface area contributed by atoms with Crippen LogP contribution >= 0.6 is 11.6 Å². The number of hydrogen-bond donors (Lipinski definition) is 0. The van der Waals surface area contributed by atoms with E-state index in [1.807, 2.05) is 33.2 Å². The number of hydrogen-bond acceptors (Lipinski definition) is 2. The Morgan fingerprint density at radius 2 is 1.89 bits per heavy atom. The van der Waals surface area contributed by atoms with Crippen molar-refractivity contribution in [2.75, 3.05) is 14.1 Å². The van der Waals surface area contributed by atoms with Gasteiger partial charge in [0.05, 0.1) is 6.04 Å². The van der Waals surface area contributed by atoms with E-state index in [-0.39, 0.29) is 11.5 Å². The van der Waals surface area contributed by atoms with Crippen LogP contribution in [0.2, 0.25) is 5.02 Å². The van der Waals surface area contributed by atoms with Crippen molar-refractivity contribution in [2.24, 2.45) is 0 Å². The van der Waals surface area contributed by atoms with Crippen molar-refractivity contribution in [1.82, 2.24) is 4.90 Å². The highest BCUT2D eigenvalue weighted by Gasteiger charge is 2.48. The van der Waals surface area contributed by atoms with E-state index in [2.05, 4.69) is 17.0 Å². The Hall–Kier alpha value is -0.860. The molecule has 0 spiro atoms. The predicted molar refractivity (Wildman–Crippen MR) is 79.8 cm³/mol. The molecule has 0 bridgehead atoms. The van der Waals surface area contributed by atoms with Crippen molar-refractivity contribution >= 4 is 17.4 Å². The third-order valence-corrected chi connectivity index (χ3v) is 4.61. The summed E-state index contributed by atoms with van der Waals surface area (Å²) in [4.78, 5) is 14.4. The maximum absolute atomic E-state index is 12.4. The molecule has 1 fully saturated rings. The Kier molecular flexibility index (Phi) is 4.32. The highest BCUT2D eigenvalue weighted by atomic mass is 35.5. The third kappa shape index (κ3) is 2.56. The van der Waals surface area contributed by atoms with Crippen LogP contribution in [0.4, 0.5) is 0 Å². The lowest BCUT2D eigenvalue weighted by atomic mass is 9.58. The second-order valence-corrected chi connectivity index (χ2v) is 6.14. The van der Waals surface area contributed by atoms with Gasteiger partial charge in [0.2, 0.25) is 0 Å². The monoisotopic (exact) mass is 279 g/mol. The van der Waals surface area contributed by atoms with Crippen LogP contribution in [-0.4, -0.2) is 30.8 Å². The van der Waals surface area contributed by atoms with Crippen molar-refractivity contribution in [1.29, 1.82) is 0 Å². The molecule has 0 N–H and O–H groups in total. The van der Waals surface area contributed by atoms with Gasteiger partial charge in [-0.15, -0.1) is 0 Å². The molecule has 1 saturated carbocycles. The summed E-state index contributed by atoms with van der Waals surface area (Å²) in [7, 11) is 4.02. The fourth-order valence-corrected chi connectivity index (χ4v) is 3.47. The van der Waals surface area contributed by atoms with E-state index in [1.54, 1.807) is 0 Å². The van der Waals surface area contributed by atoms with Crippen LogP contribution in [0.5, 0.6) is 0 Å². The maximum atomic E-state index is 12.4. The van der Waals surface area contributed by atoms with Gasteiger partial charge in [-0.25, -0.2) is 0 Å². The molecule has 1 aliphatic rings. The normalized spacial score (nSPS) is 19.0. The number of benzene rings is 1. The zero-order chi connectivity index (χ0) is 14.0. The molecule has 3 heteroatoms. The average Bonchev–Trinajstić information content (AvgIpc) is 2.33. The van der Waals surface area contributed by atoms with Crippen molar-refractivity contribution in [3.05, 3.63) is 34.9 Å². The molecule has 1 atom stereocenters. The van der Waals surface area contributed by atoms with Gasteiger partial charge in [-0.3, -0.25) is 9.69 Å². The largest absolute Gasteiger partial charge is 0.299 e. The summed E-state index contributed by atoms with van der Waals surface area (Å²) in [5.41, 5.74) is 1.24. The number of Topliss-reactive ketones (excluding diaryl/α,β-unsaturated/α-hetero) is 1. The van der Waals surface area contributed by atoms with Gasteiger partial charge in [-0.1, -0.05) is 37.1 Å². The molecule has 0 heterocycles. The molecular weight excluding hydrogens is 258 g/mol. The van der Waals surface area contributed by atoms with Crippen LogP contribution < -0.4 is 0 Å². The summed E-state index contributed by atoms with van der Waals surface area (Å²) in [6.45, 7) is 1.95. The number of nitrogens with zero attached hydrogens (tertiary/aromatic N) is 1. The molecule has 2 nitrogen and oxygen atoms in total. The fourth-order valence-electron chi connectivity index (χ4n) is 3.34. The molecule has 104 valence electrons. The minimum absolute atomic E-state index is 0.0127. The molecule has 0 aromatic heterocycles. The SMILES string of the molecule is CCC(=O)C(N(C)C)C1(c2ccc(Cl)cc2)CCC1. The zero-order valence-corrected chi connectivity index (χ0v) is 12.7. The van der Waals surface area contributed by atoms with E-state index in [9.17, 15) is 4.79 Å². The van der Waals surface area contributed by atoms with Crippen molar-refractivity contribution in [2.45, 2.75) is 44.1 Å². The molecule has 1 aromatic rings. The van der Waals surface area contributed by atoms with Crippen molar-refractivity contribution in [3.8, 4) is 0 Å². The average molecular weight is 280 g/mol. The lowest BCUT2D eigenvalue weighted by molar-refractivity contribution is -0.127. The van der Waals surface area contributed by atoms with Gasteiger partial charge in [0.1, 0.15) is 0 Å². The molecule has 2 rings (SSSR count). The van der Waals surface area contributed by atoms with Crippen LogP contribution in [0, 0.1) is 0 Å². The Morgan fingerprint density at radius 3 is 2.26 bits per heavy atom. The van der Waals surface area contributed by atoms with E-state index in [0.717, 1.165) is 17.9 Å². The quantitative estimate of drug-likeness (QED) is 0.820. The topological polar surface area (TPSA) is 20.3 Å². The summed E-state index contributed by atoms with van der Waals surface area (Å²) < 4.78 is 0. The summed E-state index contributed by atoms with van der Waals surface area (Å²) in [5.74, 6) is 0.333. The summed E-state index contributed by atoms with van der Waals surface area (Å²) in [6.07, 6.45) is 3.97. The Balaban J connectivity index is 2.40. The minimum Gasteiger partial charge on any atom is -0.299 e. The first-order valence-corrected chi connectivity index (χ1v) is 7.34. The molecule has 19 heavy (non-hydrogen) atoms. The number of rotatable bonds is 5. The molecule has 0 amide bonds. The second kappa shape index (κ2) is 5.64. The smallest absolute Gasteiger partial charge is 0.150 e. The first kappa shape index (κ1) is 14.5. The minimum atomic E-state index is -0.0209. The number of halogens is 1. The predicted octanol–water partition coefficient (Wildman–Crippen LogP) is 3.67. The van der Waals surface area contributed by atoms with Gasteiger partial charge < -0.3 is 0 Å². The lowest BCUT2D eigenvalue weighted by Gasteiger charge is -2.50. The van der Waals surface area contributed by atoms with Crippen molar-refractivity contribution < 1.29 is 4.79 Å². The third-order valence-electron chi connectivity index (χ3n) is 4.36. The Labute approximate surface area is 120 Å². The highest BCUT2D eigenvalue weighted by molar-refractivity contribution is 6.30. The van der Waals surface area contributed by atoms with E-state index in [0.29, 0.717) is 12.2 Å². The molecule has 1 aromatic carbocycles. The van der Waals surface area contributed by atoms with E-state index in [1.165, 1.54) is 12.0 Å². The molecule has 1 aliphatic carbocycles. The summed E-state index contributed by atoms with van der Waals surface area (Å²) >= 11 is 5.98. The molecule has 0 saturated heterocycles. The Morgan fingerprint density at radius 1 is 1.32 bits per heavy atom. The van der Waals surface area contributed by atoms with Gasteiger partial charge in [-0.2, -0.15) is 0 Å². The second-order valence-electron chi connectivity index (χ2n) is 5.70. The highest BCUT2D eigenvalue weighted by Crippen LogP contribution is 2.48. The van der Waals surface area contributed by atoms with Gasteiger partial charge in [0, 0.05) is 16.9 Å². The number of likely N-dealkylation sites (N-methyl/N-ethyl adjacent to an activating group) is 1. The van der Waals surface area contributed by atoms with Crippen LogP contribution in [0.25, 0.3) is 0 Å². The van der Waals surface area contributed by atoms with E-state index < -0.39 is 0 Å². The maximum Gasteiger partial charge on any atom is 0.150 e. The van der Waals surface area contributed by atoms with E-state index in [4.69, 9.17) is 11.6 Å². The first-order chi connectivity index (χ1) is 9.01. The van der Waals surface area contributed by atoms with Crippen LogP contribution in [-0.2, 0) is 10.2 Å². The van der Waals surface area contributed by atoms with Crippen LogP contribution in [0.3, 0.4) is 0 Å². The van der Waals surface area contributed by atoms with Crippen LogP contribution in [0.1, 0.15) is 38.2 Å². The standard InChI is InChI=1S/C16H22ClNO/c1-4-14(19)15(18(2)3)16(10-5-11-16)12-6-8-13(17)9-7-12/h6-9,15H,4-5,10-11H2,1-3H3. The van der Waals surface area contributed by atoms with Gasteiger partial charge in [0.15, 0.2) is 5.78 Å². The number of ketones is 1. The summed E-state index contributed by atoms with van der Waals surface area (Å²) in [6, 6.07) is 8.01. The van der Waals surface area contributed by atoms with Gasteiger partial charge in [0.25, 0.3) is 0 Å². The lowest BCUT2D eigenvalue weighted by Crippen LogP contribution is -2.56. The molecule has 0 radical (unpaired) electrons.